The van der Waals surface area contributed by atoms with E-state index >= 15 is 0 Å². The number of nitrogen functional groups attached to an aromatic ring is 1. The summed E-state index contributed by atoms with van der Waals surface area (Å²) in [5.74, 6) is -0.133. The normalized spacial score (nSPS) is 10.3. The van der Waals surface area contributed by atoms with Gasteiger partial charge in [-0.2, -0.15) is 5.26 Å². The molecule has 0 radical (unpaired) electrons. The van der Waals surface area contributed by atoms with Gasteiger partial charge in [-0.1, -0.05) is 18.2 Å². The van der Waals surface area contributed by atoms with Crippen LogP contribution in [-0.4, -0.2) is 14.8 Å². The number of nitrogens with zero attached hydrogens (tertiary/aromatic N) is 4. The zero-order valence-corrected chi connectivity index (χ0v) is 10.9. The Hall–Kier alpha value is -3.20. The van der Waals surface area contributed by atoms with E-state index in [1.165, 1.54) is 23.1 Å². The number of anilines is 1. The van der Waals surface area contributed by atoms with Crippen LogP contribution in [0.2, 0.25) is 0 Å². The highest BCUT2D eigenvalue weighted by atomic mass is 19.1. The molecule has 0 amide bonds. The molecule has 5 nitrogen and oxygen atoms in total. The average Bonchev–Trinajstić information content (AvgIpc) is 2.96. The Labute approximate surface area is 120 Å². The average molecular weight is 279 g/mol. The van der Waals surface area contributed by atoms with E-state index in [-0.39, 0.29) is 5.56 Å². The maximum absolute atomic E-state index is 13.6. The van der Waals surface area contributed by atoms with Gasteiger partial charge in [0.05, 0.1) is 5.69 Å². The molecule has 102 valence electrons. The molecule has 0 unspecified atom stereocenters. The van der Waals surface area contributed by atoms with Gasteiger partial charge in [-0.25, -0.2) is 14.1 Å². The maximum Gasteiger partial charge on any atom is 0.181 e. The van der Waals surface area contributed by atoms with Crippen LogP contribution in [-0.2, 0) is 0 Å². The molecule has 0 saturated carbocycles. The van der Waals surface area contributed by atoms with Crippen LogP contribution < -0.4 is 5.73 Å². The Bertz CT molecular complexity index is 847. The molecule has 3 rings (SSSR count). The van der Waals surface area contributed by atoms with Crippen molar-refractivity contribution in [1.82, 2.24) is 14.8 Å². The second-order valence-electron chi connectivity index (χ2n) is 4.38. The van der Waals surface area contributed by atoms with E-state index in [4.69, 9.17) is 11.0 Å². The third-order valence-corrected chi connectivity index (χ3v) is 2.99. The highest BCUT2D eigenvalue weighted by Crippen LogP contribution is 2.20. The van der Waals surface area contributed by atoms with Gasteiger partial charge in [-0.3, -0.25) is 0 Å². The predicted molar refractivity (Wildman–Crippen MR) is 75.9 cm³/mol. The van der Waals surface area contributed by atoms with Crippen LogP contribution in [0.3, 0.4) is 0 Å². The number of aromatic nitrogens is 3. The lowest BCUT2D eigenvalue weighted by Gasteiger charge is -2.03. The molecule has 0 aliphatic rings. The van der Waals surface area contributed by atoms with Gasteiger partial charge in [-0.05, 0) is 24.3 Å². The molecule has 1 heterocycles. The minimum absolute atomic E-state index is 0.0680. The third kappa shape index (κ3) is 2.32. The van der Waals surface area contributed by atoms with Crippen LogP contribution in [0.25, 0.3) is 17.1 Å². The molecular formula is C15H10FN5. The zero-order valence-electron chi connectivity index (χ0n) is 10.9. The summed E-state index contributed by atoms with van der Waals surface area (Å²) in [4.78, 5) is 4.17. The highest BCUT2D eigenvalue weighted by Gasteiger charge is 2.12. The number of hydrogen-bond donors (Lipinski definition) is 1. The van der Waals surface area contributed by atoms with E-state index in [9.17, 15) is 4.39 Å². The van der Waals surface area contributed by atoms with Crippen LogP contribution in [0.15, 0.2) is 48.8 Å². The van der Waals surface area contributed by atoms with Crippen LogP contribution in [0.4, 0.5) is 10.1 Å². The number of rotatable bonds is 2. The molecule has 21 heavy (non-hydrogen) atoms. The molecule has 0 aliphatic carbocycles. The second-order valence-corrected chi connectivity index (χ2v) is 4.38. The van der Waals surface area contributed by atoms with Gasteiger partial charge in [-0.15, -0.1) is 5.10 Å². The topological polar surface area (TPSA) is 80.5 Å². The SMILES string of the molecule is N#Cc1c(F)cccc1-n1cnc(-c2cccc(N)c2)n1. The number of nitrogens with two attached hydrogens (primary N) is 1. The lowest BCUT2D eigenvalue weighted by Crippen LogP contribution is -2.00. The van der Waals surface area contributed by atoms with Crippen molar-refractivity contribution in [2.45, 2.75) is 0 Å². The molecule has 0 spiro atoms. The Morgan fingerprint density at radius 1 is 1.19 bits per heavy atom. The predicted octanol–water partition coefficient (Wildman–Crippen LogP) is 2.53. The molecule has 3 aromatic rings. The standard InChI is InChI=1S/C15H10FN5/c16-13-5-2-6-14(12(13)8-17)21-9-19-15(20-21)10-3-1-4-11(18)7-10/h1-7,9H,18H2. The summed E-state index contributed by atoms with van der Waals surface area (Å²) in [6.45, 7) is 0. The van der Waals surface area contributed by atoms with E-state index in [0.717, 1.165) is 5.56 Å². The van der Waals surface area contributed by atoms with Gasteiger partial charge in [0.15, 0.2) is 5.82 Å². The van der Waals surface area contributed by atoms with Crippen molar-refractivity contribution >= 4 is 5.69 Å². The molecule has 0 bridgehead atoms. The smallest absolute Gasteiger partial charge is 0.181 e. The Balaban J connectivity index is 2.08. The van der Waals surface area contributed by atoms with Crippen molar-refractivity contribution in [2.24, 2.45) is 0 Å². The van der Waals surface area contributed by atoms with E-state index in [0.29, 0.717) is 17.2 Å². The molecule has 0 atom stereocenters. The fraction of sp³-hybridized carbons (Fsp3) is 0. The lowest BCUT2D eigenvalue weighted by atomic mass is 10.2. The van der Waals surface area contributed by atoms with Crippen molar-refractivity contribution in [2.75, 3.05) is 5.73 Å². The largest absolute Gasteiger partial charge is 0.399 e. The summed E-state index contributed by atoms with van der Waals surface area (Å²) in [5.41, 5.74) is 7.36. The fourth-order valence-electron chi connectivity index (χ4n) is 2.00. The Morgan fingerprint density at radius 2 is 2.00 bits per heavy atom. The quantitative estimate of drug-likeness (QED) is 0.731. The van der Waals surface area contributed by atoms with Gasteiger partial charge < -0.3 is 5.73 Å². The fourth-order valence-corrected chi connectivity index (χ4v) is 2.00. The lowest BCUT2D eigenvalue weighted by molar-refractivity contribution is 0.621. The summed E-state index contributed by atoms with van der Waals surface area (Å²) in [5, 5.41) is 13.3. The monoisotopic (exact) mass is 279 g/mol. The number of halogens is 1. The molecule has 0 saturated heterocycles. The molecule has 6 heteroatoms. The minimum atomic E-state index is -0.587. The maximum atomic E-state index is 13.6. The molecule has 1 aromatic heterocycles. The van der Waals surface area contributed by atoms with E-state index < -0.39 is 5.82 Å². The summed E-state index contributed by atoms with van der Waals surface area (Å²) in [6.07, 6.45) is 1.44. The van der Waals surface area contributed by atoms with Gasteiger partial charge in [0.1, 0.15) is 23.8 Å². The van der Waals surface area contributed by atoms with E-state index in [1.807, 2.05) is 12.1 Å². The molecule has 0 fully saturated rings. The summed E-state index contributed by atoms with van der Waals surface area (Å²) in [6, 6.07) is 13.3. The molecule has 2 aromatic carbocycles. The Kier molecular flexibility index (Phi) is 3.09. The van der Waals surface area contributed by atoms with Gasteiger partial charge in [0.25, 0.3) is 0 Å². The second kappa shape index (κ2) is 5.06. The van der Waals surface area contributed by atoms with Crippen LogP contribution in [0.1, 0.15) is 5.56 Å². The van der Waals surface area contributed by atoms with E-state index in [1.54, 1.807) is 24.3 Å². The van der Waals surface area contributed by atoms with E-state index in [2.05, 4.69) is 10.1 Å². The van der Waals surface area contributed by atoms with Gasteiger partial charge in [0, 0.05) is 11.3 Å². The highest BCUT2D eigenvalue weighted by molar-refractivity contribution is 5.61. The first-order valence-corrected chi connectivity index (χ1v) is 6.15. The van der Waals surface area contributed by atoms with Crippen molar-refractivity contribution in [3.8, 4) is 23.1 Å². The number of benzene rings is 2. The summed E-state index contributed by atoms with van der Waals surface area (Å²) < 4.78 is 15.0. The first-order chi connectivity index (χ1) is 10.2. The van der Waals surface area contributed by atoms with Crippen LogP contribution >= 0.6 is 0 Å². The first kappa shape index (κ1) is 12.8. The van der Waals surface area contributed by atoms with Crippen LogP contribution in [0, 0.1) is 17.1 Å². The van der Waals surface area contributed by atoms with Crippen molar-refractivity contribution in [1.29, 1.82) is 5.26 Å². The molecular weight excluding hydrogens is 269 g/mol. The first-order valence-electron chi connectivity index (χ1n) is 6.15. The zero-order chi connectivity index (χ0) is 14.8. The van der Waals surface area contributed by atoms with Crippen molar-refractivity contribution < 1.29 is 4.39 Å². The molecule has 0 aliphatic heterocycles. The van der Waals surface area contributed by atoms with Crippen molar-refractivity contribution in [3.05, 3.63) is 60.2 Å². The number of hydrogen-bond acceptors (Lipinski definition) is 4. The Morgan fingerprint density at radius 3 is 2.76 bits per heavy atom. The third-order valence-electron chi connectivity index (χ3n) is 2.99. The van der Waals surface area contributed by atoms with Gasteiger partial charge >= 0.3 is 0 Å². The van der Waals surface area contributed by atoms with Crippen LogP contribution in [0.5, 0.6) is 0 Å². The van der Waals surface area contributed by atoms with Crippen molar-refractivity contribution in [3.63, 3.8) is 0 Å². The minimum Gasteiger partial charge on any atom is -0.399 e. The summed E-state index contributed by atoms with van der Waals surface area (Å²) >= 11 is 0. The summed E-state index contributed by atoms with van der Waals surface area (Å²) in [7, 11) is 0. The van der Waals surface area contributed by atoms with Gasteiger partial charge in [0.2, 0.25) is 0 Å². The molecule has 2 N–H and O–H groups in total. The number of nitriles is 1.